The van der Waals surface area contributed by atoms with Gasteiger partial charge >= 0.3 is 0 Å². The van der Waals surface area contributed by atoms with Crippen LogP contribution in [-0.4, -0.2) is 52.6 Å². The molecule has 0 amide bonds. The van der Waals surface area contributed by atoms with Crippen LogP contribution in [0.1, 0.15) is 18.5 Å². The van der Waals surface area contributed by atoms with Crippen LogP contribution >= 0.6 is 0 Å². The Bertz CT molecular complexity index is 350. The van der Waals surface area contributed by atoms with E-state index in [1.54, 1.807) is 12.4 Å². The minimum atomic E-state index is -0.0790. The number of aliphatic hydroxyl groups excluding tert-OH is 2. The zero-order valence-corrected chi connectivity index (χ0v) is 10.3. The SMILES string of the molecule is OCCOC1CCN(c2cnc(CO)cn2)CC1. The van der Waals surface area contributed by atoms with Crippen LogP contribution in [0.5, 0.6) is 0 Å². The van der Waals surface area contributed by atoms with Crippen molar-refractivity contribution in [1.82, 2.24) is 9.97 Å². The van der Waals surface area contributed by atoms with Crippen molar-refractivity contribution in [1.29, 1.82) is 0 Å². The van der Waals surface area contributed by atoms with Crippen molar-refractivity contribution < 1.29 is 14.9 Å². The zero-order valence-electron chi connectivity index (χ0n) is 10.3. The summed E-state index contributed by atoms with van der Waals surface area (Å²) < 4.78 is 5.51. The second kappa shape index (κ2) is 6.63. The average Bonchev–Trinajstić information content (AvgIpc) is 2.46. The molecule has 18 heavy (non-hydrogen) atoms. The molecule has 6 heteroatoms. The van der Waals surface area contributed by atoms with Gasteiger partial charge in [-0.25, -0.2) is 4.98 Å². The first-order valence-electron chi connectivity index (χ1n) is 6.22. The molecular formula is C12H19N3O3. The van der Waals surface area contributed by atoms with Gasteiger partial charge in [-0.2, -0.15) is 0 Å². The molecule has 1 fully saturated rings. The Balaban J connectivity index is 1.84. The van der Waals surface area contributed by atoms with E-state index in [9.17, 15) is 0 Å². The van der Waals surface area contributed by atoms with Crippen LogP contribution < -0.4 is 4.90 Å². The van der Waals surface area contributed by atoms with Crippen LogP contribution in [0.25, 0.3) is 0 Å². The highest BCUT2D eigenvalue weighted by Crippen LogP contribution is 2.18. The summed E-state index contributed by atoms with van der Waals surface area (Å²) in [6.07, 6.45) is 5.40. The molecule has 0 spiro atoms. The van der Waals surface area contributed by atoms with E-state index in [1.807, 2.05) is 0 Å². The Kier molecular flexibility index (Phi) is 4.86. The molecule has 2 N–H and O–H groups in total. The van der Waals surface area contributed by atoms with Crippen molar-refractivity contribution in [2.45, 2.75) is 25.6 Å². The lowest BCUT2D eigenvalue weighted by molar-refractivity contribution is 0.0158. The topological polar surface area (TPSA) is 78.7 Å². The van der Waals surface area contributed by atoms with Gasteiger partial charge in [0.25, 0.3) is 0 Å². The van der Waals surface area contributed by atoms with Gasteiger partial charge in [-0.15, -0.1) is 0 Å². The maximum atomic E-state index is 8.90. The summed E-state index contributed by atoms with van der Waals surface area (Å²) in [5.41, 5.74) is 0.583. The maximum absolute atomic E-state index is 8.90. The fourth-order valence-electron chi connectivity index (χ4n) is 2.06. The number of rotatable bonds is 5. The zero-order chi connectivity index (χ0) is 12.8. The van der Waals surface area contributed by atoms with Crippen LogP contribution in [0, 0.1) is 0 Å². The predicted octanol–water partition coefficient (Wildman–Crippen LogP) is -0.0534. The second-order valence-electron chi connectivity index (χ2n) is 4.30. The lowest BCUT2D eigenvalue weighted by atomic mass is 10.1. The molecule has 2 rings (SSSR count). The number of hydrogen-bond acceptors (Lipinski definition) is 6. The molecule has 0 saturated carbocycles. The molecule has 1 aliphatic heterocycles. The molecule has 6 nitrogen and oxygen atoms in total. The van der Waals surface area contributed by atoms with Gasteiger partial charge in [-0.1, -0.05) is 0 Å². The molecule has 1 aromatic rings. The molecule has 1 saturated heterocycles. The Morgan fingerprint density at radius 2 is 2.00 bits per heavy atom. The third-order valence-corrected chi connectivity index (χ3v) is 3.06. The highest BCUT2D eigenvalue weighted by atomic mass is 16.5. The van der Waals surface area contributed by atoms with Crippen LogP contribution in [0.15, 0.2) is 12.4 Å². The minimum absolute atomic E-state index is 0.0777. The Hall–Kier alpha value is -1.24. The van der Waals surface area contributed by atoms with E-state index in [0.29, 0.717) is 12.3 Å². The van der Waals surface area contributed by atoms with Crippen LogP contribution in [0.4, 0.5) is 5.82 Å². The molecule has 0 aromatic carbocycles. The Morgan fingerprint density at radius 3 is 2.56 bits per heavy atom. The molecule has 2 heterocycles. The Morgan fingerprint density at radius 1 is 1.22 bits per heavy atom. The first-order chi connectivity index (χ1) is 8.83. The predicted molar refractivity (Wildman–Crippen MR) is 66.2 cm³/mol. The number of aromatic nitrogens is 2. The van der Waals surface area contributed by atoms with E-state index in [1.165, 1.54) is 0 Å². The van der Waals surface area contributed by atoms with Crippen molar-refractivity contribution in [3.8, 4) is 0 Å². The largest absolute Gasteiger partial charge is 0.394 e. The van der Waals surface area contributed by atoms with Gasteiger partial charge in [-0.05, 0) is 12.8 Å². The van der Waals surface area contributed by atoms with E-state index in [4.69, 9.17) is 14.9 Å². The quantitative estimate of drug-likeness (QED) is 0.766. The molecule has 1 aromatic heterocycles. The fraction of sp³-hybridized carbons (Fsp3) is 0.667. The average molecular weight is 253 g/mol. The first kappa shape index (κ1) is 13.2. The summed E-state index contributed by atoms with van der Waals surface area (Å²) in [6, 6.07) is 0. The maximum Gasteiger partial charge on any atom is 0.147 e. The molecular weight excluding hydrogens is 234 g/mol. The van der Waals surface area contributed by atoms with Crippen molar-refractivity contribution in [3.63, 3.8) is 0 Å². The van der Waals surface area contributed by atoms with Gasteiger partial charge in [0.2, 0.25) is 0 Å². The van der Waals surface area contributed by atoms with Gasteiger partial charge < -0.3 is 19.8 Å². The Labute approximate surface area is 106 Å². The van der Waals surface area contributed by atoms with E-state index in [2.05, 4.69) is 14.9 Å². The number of nitrogens with zero attached hydrogens (tertiary/aromatic N) is 3. The van der Waals surface area contributed by atoms with Crippen molar-refractivity contribution in [2.24, 2.45) is 0 Å². The van der Waals surface area contributed by atoms with Gasteiger partial charge in [0.05, 0.1) is 44.0 Å². The number of anilines is 1. The summed E-state index contributed by atoms with van der Waals surface area (Å²) in [5.74, 6) is 0.841. The summed E-state index contributed by atoms with van der Waals surface area (Å²) in [5, 5.41) is 17.6. The van der Waals surface area contributed by atoms with Crippen molar-refractivity contribution in [2.75, 3.05) is 31.2 Å². The van der Waals surface area contributed by atoms with Crippen molar-refractivity contribution in [3.05, 3.63) is 18.1 Å². The highest BCUT2D eigenvalue weighted by molar-refractivity contribution is 5.36. The van der Waals surface area contributed by atoms with Gasteiger partial charge in [0.1, 0.15) is 5.82 Å². The number of hydrogen-bond donors (Lipinski definition) is 2. The van der Waals surface area contributed by atoms with Gasteiger partial charge in [-0.3, -0.25) is 4.98 Å². The van der Waals surface area contributed by atoms with Gasteiger partial charge in [0.15, 0.2) is 0 Å². The molecule has 0 atom stereocenters. The van der Waals surface area contributed by atoms with Crippen LogP contribution in [-0.2, 0) is 11.3 Å². The van der Waals surface area contributed by atoms with E-state index >= 15 is 0 Å². The molecule has 0 unspecified atom stereocenters. The molecule has 1 aliphatic rings. The second-order valence-corrected chi connectivity index (χ2v) is 4.30. The normalized spacial score (nSPS) is 17.1. The first-order valence-corrected chi connectivity index (χ1v) is 6.22. The third-order valence-electron chi connectivity index (χ3n) is 3.06. The van der Waals surface area contributed by atoms with Crippen LogP contribution in [0.3, 0.4) is 0 Å². The lowest BCUT2D eigenvalue weighted by Crippen LogP contribution is -2.37. The summed E-state index contributed by atoms with van der Waals surface area (Å²) in [4.78, 5) is 10.6. The molecule has 100 valence electrons. The van der Waals surface area contributed by atoms with E-state index in [-0.39, 0.29) is 19.3 Å². The molecule has 0 bridgehead atoms. The minimum Gasteiger partial charge on any atom is -0.394 e. The van der Waals surface area contributed by atoms with E-state index < -0.39 is 0 Å². The highest BCUT2D eigenvalue weighted by Gasteiger charge is 2.20. The fourth-order valence-corrected chi connectivity index (χ4v) is 2.06. The number of ether oxygens (including phenoxy) is 1. The summed E-state index contributed by atoms with van der Waals surface area (Å²) in [7, 11) is 0. The molecule has 0 radical (unpaired) electrons. The molecule has 0 aliphatic carbocycles. The third kappa shape index (κ3) is 3.38. The standard InChI is InChI=1S/C12H19N3O3/c16-5-6-18-11-1-3-15(4-2-11)12-8-13-10(9-17)7-14-12/h7-8,11,16-17H,1-6,9H2. The van der Waals surface area contributed by atoms with Crippen molar-refractivity contribution >= 4 is 5.82 Å². The number of aliphatic hydroxyl groups is 2. The lowest BCUT2D eigenvalue weighted by Gasteiger charge is -2.32. The monoisotopic (exact) mass is 253 g/mol. The number of piperidine rings is 1. The summed E-state index contributed by atoms with van der Waals surface area (Å²) >= 11 is 0. The van der Waals surface area contributed by atoms with Gasteiger partial charge in [0, 0.05) is 13.1 Å². The van der Waals surface area contributed by atoms with E-state index in [0.717, 1.165) is 31.7 Å². The van der Waals surface area contributed by atoms with Crippen LogP contribution in [0.2, 0.25) is 0 Å². The smallest absolute Gasteiger partial charge is 0.147 e. The summed E-state index contributed by atoms with van der Waals surface area (Å²) in [6.45, 7) is 2.17.